The zero-order chi connectivity index (χ0) is 16.5. The molecule has 1 unspecified atom stereocenters. The fourth-order valence-corrected chi connectivity index (χ4v) is 2.46. The van der Waals surface area contributed by atoms with Crippen LogP contribution in [0.15, 0.2) is 24.3 Å². The smallest absolute Gasteiger partial charge is 0.221 e. The Balaban J connectivity index is 0.00000288. The molecular weight excluding hydrogens is 365 g/mol. The lowest BCUT2D eigenvalue weighted by Crippen LogP contribution is -2.38. The number of nitrogens with zero attached hydrogens (tertiary/aromatic N) is 1. The molecule has 1 saturated heterocycles. The molecule has 0 radical (unpaired) electrons. The Morgan fingerprint density at radius 1 is 1.32 bits per heavy atom. The first-order chi connectivity index (χ1) is 11.1. The molecule has 0 spiro atoms. The molecule has 8 heteroatoms. The molecule has 1 aliphatic rings. The Morgan fingerprint density at radius 3 is 2.68 bits per heavy atom. The average molecular weight is 394 g/mol. The number of halogens is 2. The van der Waals surface area contributed by atoms with Crippen LogP contribution in [0.1, 0.15) is 18.9 Å². The topological polar surface area (TPSA) is 76.8 Å². The zero-order valence-electron chi connectivity index (χ0n) is 14.6. The summed E-state index contributed by atoms with van der Waals surface area (Å²) >= 11 is 0. The summed E-state index contributed by atoms with van der Waals surface area (Å²) in [6.45, 7) is 7.29. The Bertz CT molecular complexity index is 498. The second-order valence-corrected chi connectivity index (χ2v) is 5.87. The SMILES string of the molecule is CC(N)CC(=O)NCc1ccccc1OCCN1CCOCC1.Cl.Cl. The minimum Gasteiger partial charge on any atom is -0.492 e. The normalized spacial score (nSPS) is 15.4. The maximum absolute atomic E-state index is 11.7. The number of benzene rings is 1. The Morgan fingerprint density at radius 2 is 2.00 bits per heavy atom. The highest BCUT2D eigenvalue weighted by Gasteiger charge is 2.11. The van der Waals surface area contributed by atoms with Crippen molar-refractivity contribution in [3.8, 4) is 5.75 Å². The van der Waals surface area contributed by atoms with Crippen molar-refractivity contribution in [1.82, 2.24) is 10.2 Å². The van der Waals surface area contributed by atoms with Crippen LogP contribution in [0.25, 0.3) is 0 Å². The quantitative estimate of drug-likeness (QED) is 0.701. The summed E-state index contributed by atoms with van der Waals surface area (Å²) in [4.78, 5) is 14.0. The minimum atomic E-state index is -0.130. The highest BCUT2D eigenvalue weighted by atomic mass is 35.5. The molecule has 1 fully saturated rings. The summed E-state index contributed by atoms with van der Waals surface area (Å²) < 4.78 is 11.2. The molecule has 6 nitrogen and oxygen atoms in total. The van der Waals surface area contributed by atoms with E-state index in [4.69, 9.17) is 15.2 Å². The van der Waals surface area contributed by atoms with E-state index in [2.05, 4.69) is 10.2 Å². The summed E-state index contributed by atoms with van der Waals surface area (Å²) in [7, 11) is 0. The highest BCUT2D eigenvalue weighted by Crippen LogP contribution is 2.17. The number of carbonyl (C=O) groups excluding carboxylic acids is 1. The number of morpholine rings is 1. The number of hydrogen-bond acceptors (Lipinski definition) is 5. The number of rotatable bonds is 8. The molecule has 0 saturated carbocycles. The van der Waals surface area contributed by atoms with E-state index in [-0.39, 0.29) is 36.8 Å². The molecule has 1 aromatic rings. The van der Waals surface area contributed by atoms with Crippen molar-refractivity contribution in [2.24, 2.45) is 5.73 Å². The van der Waals surface area contributed by atoms with Gasteiger partial charge in [-0.3, -0.25) is 9.69 Å². The van der Waals surface area contributed by atoms with Crippen LogP contribution in [0.4, 0.5) is 0 Å². The zero-order valence-corrected chi connectivity index (χ0v) is 16.2. The van der Waals surface area contributed by atoms with Crippen molar-refractivity contribution in [3.05, 3.63) is 29.8 Å². The summed E-state index contributed by atoms with van der Waals surface area (Å²) in [5.41, 5.74) is 6.61. The van der Waals surface area contributed by atoms with Gasteiger partial charge < -0.3 is 20.5 Å². The molecule has 0 bridgehead atoms. The standard InChI is InChI=1S/C17H27N3O3.2ClH/c1-14(18)12-17(21)19-13-15-4-2-3-5-16(15)23-11-8-20-6-9-22-10-7-20;;/h2-5,14H,6-13,18H2,1H3,(H,19,21);2*1H. The monoisotopic (exact) mass is 393 g/mol. The van der Waals surface area contributed by atoms with E-state index in [1.165, 1.54) is 0 Å². The molecule has 144 valence electrons. The van der Waals surface area contributed by atoms with Gasteiger partial charge in [0.1, 0.15) is 12.4 Å². The van der Waals surface area contributed by atoms with Crippen LogP contribution >= 0.6 is 24.8 Å². The Labute approximate surface area is 162 Å². The van der Waals surface area contributed by atoms with Gasteiger partial charge in [0.15, 0.2) is 0 Å². The lowest BCUT2D eigenvalue weighted by atomic mass is 10.2. The lowest BCUT2D eigenvalue weighted by Gasteiger charge is -2.26. The molecule has 1 aliphatic heterocycles. The first-order valence-electron chi connectivity index (χ1n) is 8.18. The van der Waals surface area contributed by atoms with Gasteiger partial charge in [-0.15, -0.1) is 24.8 Å². The fourth-order valence-electron chi connectivity index (χ4n) is 2.46. The molecule has 2 rings (SSSR count). The second-order valence-electron chi connectivity index (χ2n) is 5.87. The summed E-state index contributed by atoms with van der Waals surface area (Å²) in [6.07, 6.45) is 0.333. The van der Waals surface area contributed by atoms with Gasteiger partial charge in [-0.1, -0.05) is 18.2 Å². The van der Waals surface area contributed by atoms with E-state index in [1.54, 1.807) is 0 Å². The molecule has 0 aliphatic carbocycles. The van der Waals surface area contributed by atoms with Crippen molar-refractivity contribution < 1.29 is 14.3 Å². The first kappa shape index (κ1) is 23.9. The predicted octanol–water partition coefficient (Wildman–Crippen LogP) is 1.59. The van der Waals surface area contributed by atoms with E-state index in [1.807, 2.05) is 31.2 Å². The number of nitrogens with one attached hydrogen (secondary N) is 1. The molecule has 1 heterocycles. The van der Waals surface area contributed by atoms with Crippen LogP contribution < -0.4 is 15.8 Å². The number of amides is 1. The molecule has 1 aromatic carbocycles. The van der Waals surface area contributed by atoms with E-state index in [9.17, 15) is 4.79 Å². The van der Waals surface area contributed by atoms with E-state index in [0.29, 0.717) is 19.6 Å². The van der Waals surface area contributed by atoms with Crippen LogP contribution in [-0.2, 0) is 16.1 Å². The molecule has 0 aromatic heterocycles. The molecule has 1 amide bonds. The van der Waals surface area contributed by atoms with Gasteiger partial charge in [0.25, 0.3) is 0 Å². The third kappa shape index (κ3) is 9.28. The maximum Gasteiger partial charge on any atom is 0.221 e. The largest absolute Gasteiger partial charge is 0.492 e. The van der Waals surface area contributed by atoms with Crippen molar-refractivity contribution in [3.63, 3.8) is 0 Å². The van der Waals surface area contributed by atoms with Gasteiger partial charge in [0, 0.05) is 44.2 Å². The van der Waals surface area contributed by atoms with Crippen molar-refractivity contribution in [2.45, 2.75) is 25.9 Å². The highest BCUT2D eigenvalue weighted by molar-refractivity contribution is 5.85. The van der Waals surface area contributed by atoms with Gasteiger partial charge in [-0.2, -0.15) is 0 Å². The van der Waals surface area contributed by atoms with Crippen LogP contribution in [-0.4, -0.2) is 56.3 Å². The average Bonchev–Trinajstić information content (AvgIpc) is 2.54. The van der Waals surface area contributed by atoms with Gasteiger partial charge in [-0.05, 0) is 13.0 Å². The number of carbonyl (C=O) groups is 1. The van der Waals surface area contributed by atoms with Crippen LogP contribution in [0.5, 0.6) is 5.75 Å². The van der Waals surface area contributed by atoms with Crippen molar-refractivity contribution in [2.75, 3.05) is 39.5 Å². The van der Waals surface area contributed by atoms with E-state index < -0.39 is 0 Å². The van der Waals surface area contributed by atoms with Crippen LogP contribution in [0.3, 0.4) is 0 Å². The third-order valence-corrected chi connectivity index (χ3v) is 3.72. The summed E-state index contributed by atoms with van der Waals surface area (Å²) in [6, 6.07) is 7.66. The number of nitrogens with two attached hydrogens (primary N) is 1. The summed E-state index contributed by atoms with van der Waals surface area (Å²) in [5, 5.41) is 2.88. The second kappa shape index (κ2) is 13.2. The third-order valence-electron chi connectivity index (χ3n) is 3.72. The Kier molecular flexibility index (Phi) is 12.6. The van der Waals surface area contributed by atoms with E-state index in [0.717, 1.165) is 44.2 Å². The van der Waals surface area contributed by atoms with Gasteiger partial charge >= 0.3 is 0 Å². The molecular formula is C17H29Cl2N3O3. The number of para-hydroxylation sites is 1. The lowest BCUT2D eigenvalue weighted by molar-refractivity contribution is -0.121. The van der Waals surface area contributed by atoms with Gasteiger partial charge in [0.2, 0.25) is 5.91 Å². The maximum atomic E-state index is 11.7. The minimum absolute atomic E-state index is 0. The van der Waals surface area contributed by atoms with Crippen molar-refractivity contribution >= 4 is 30.7 Å². The first-order valence-corrected chi connectivity index (χ1v) is 8.18. The number of hydrogen-bond donors (Lipinski definition) is 2. The molecule has 1 atom stereocenters. The van der Waals surface area contributed by atoms with Crippen molar-refractivity contribution in [1.29, 1.82) is 0 Å². The Hall–Kier alpha value is -1.05. The number of ether oxygens (including phenoxy) is 2. The van der Waals surface area contributed by atoms with E-state index >= 15 is 0 Å². The molecule has 25 heavy (non-hydrogen) atoms. The predicted molar refractivity (Wildman–Crippen MR) is 104 cm³/mol. The van der Waals surface area contributed by atoms with Gasteiger partial charge in [0.05, 0.1) is 13.2 Å². The van der Waals surface area contributed by atoms with Crippen LogP contribution in [0.2, 0.25) is 0 Å². The fraction of sp³-hybridized carbons (Fsp3) is 0.588. The molecule has 3 N–H and O–H groups in total. The van der Waals surface area contributed by atoms with Gasteiger partial charge in [-0.25, -0.2) is 0 Å². The van der Waals surface area contributed by atoms with Crippen LogP contribution in [0, 0.1) is 0 Å². The summed E-state index contributed by atoms with van der Waals surface area (Å²) in [5.74, 6) is 0.782.